The number of aromatic nitrogens is 1. The summed E-state index contributed by atoms with van der Waals surface area (Å²) < 4.78 is 5.97. The highest BCUT2D eigenvalue weighted by atomic mass is 35.5. The van der Waals surface area contributed by atoms with E-state index in [4.69, 9.17) is 16.0 Å². The standard InChI is InChI=1S/C23H18ClN3O2/c1-14-12-17(10-11-19(14)24)26-23-18(13-16-7-3-4-8-20(16)29-23)22(28)27-21-9-5-6-15(2)25-21/h3-13H,1-2H3,(H,25,27,28). The molecule has 0 aliphatic heterocycles. The number of amides is 1. The van der Waals surface area contributed by atoms with E-state index in [9.17, 15) is 4.79 Å². The first-order valence-corrected chi connectivity index (χ1v) is 9.46. The Morgan fingerprint density at radius 1 is 1.03 bits per heavy atom. The average molecular weight is 404 g/mol. The fourth-order valence-electron chi connectivity index (χ4n) is 2.93. The van der Waals surface area contributed by atoms with Gasteiger partial charge in [0.25, 0.3) is 5.91 Å². The summed E-state index contributed by atoms with van der Waals surface area (Å²) in [6.07, 6.45) is 0. The minimum Gasteiger partial charge on any atom is -0.438 e. The summed E-state index contributed by atoms with van der Waals surface area (Å²) in [5.41, 5.74) is 3.53. The van der Waals surface area contributed by atoms with Gasteiger partial charge in [0.15, 0.2) is 0 Å². The van der Waals surface area contributed by atoms with Gasteiger partial charge in [-0.25, -0.2) is 9.98 Å². The second kappa shape index (κ2) is 7.89. The fraction of sp³-hybridized carbons (Fsp3) is 0.0870. The molecule has 1 N–H and O–H groups in total. The van der Waals surface area contributed by atoms with E-state index in [-0.39, 0.29) is 11.5 Å². The van der Waals surface area contributed by atoms with Crippen LogP contribution in [0.25, 0.3) is 11.0 Å². The molecule has 2 heterocycles. The molecule has 2 aromatic carbocycles. The molecule has 144 valence electrons. The van der Waals surface area contributed by atoms with Crippen LogP contribution in [0.4, 0.5) is 11.5 Å². The van der Waals surface area contributed by atoms with Gasteiger partial charge < -0.3 is 9.73 Å². The molecule has 2 aromatic heterocycles. The normalized spacial score (nSPS) is 11.6. The number of halogens is 1. The summed E-state index contributed by atoms with van der Waals surface area (Å²) in [6.45, 7) is 3.76. The van der Waals surface area contributed by atoms with Gasteiger partial charge in [-0.15, -0.1) is 0 Å². The molecule has 4 aromatic rings. The van der Waals surface area contributed by atoms with Crippen LogP contribution in [0.15, 0.2) is 76.1 Å². The summed E-state index contributed by atoms with van der Waals surface area (Å²) in [7, 11) is 0. The Kier molecular flexibility index (Phi) is 5.14. The number of nitrogens with one attached hydrogen (secondary N) is 1. The maximum absolute atomic E-state index is 13.0. The zero-order chi connectivity index (χ0) is 20.4. The highest BCUT2D eigenvalue weighted by molar-refractivity contribution is 6.31. The van der Waals surface area contributed by atoms with Gasteiger partial charge in [-0.05, 0) is 61.9 Å². The van der Waals surface area contributed by atoms with Gasteiger partial charge in [-0.1, -0.05) is 35.9 Å². The van der Waals surface area contributed by atoms with E-state index in [1.165, 1.54) is 0 Å². The van der Waals surface area contributed by atoms with Crippen molar-refractivity contribution >= 4 is 40.0 Å². The average Bonchev–Trinajstić information content (AvgIpc) is 2.70. The van der Waals surface area contributed by atoms with Crippen molar-refractivity contribution in [3.05, 3.63) is 94.1 Å². The molecule has 0 saturated heterocycles. The number of carbonyl (C=O) groups is 1. The van der Waals surface area contributed by atoms with Crippen molar-refractivity contribution in [3.63, 3.8) is 0 Å². The molecule has 5 nitrogen and oxygen atoms in total. The predicted molar refractivity (Wildman–Crippen MR) is 115 cm³/mol. The van der Waals surface area contributed by atoms with Crippen LogP contribution in [-0.4, -0.2) is 10.9 Å². The Morgan fingerprint density at radius 2 is 1.86 bits per heavy atom. The molecule has 0 radical (unpaired) electrons. The Hall–Kier alpha value is -3.44. The number of anilines is 1. The lowest BCUT2D eigenvalue weighted by atomic mass is 10.1. The molecule has 0 saturated carbocycles. The van der Waals surface area contributed by atoms with Crippen molar-refractivity contribution in [2.75, 3.05) is 5.32 Å². The van der Waals surface area contributed by atoms with Gasteiger partial charge in [0.1, 0.15) is 17.0 Å². The van der Waals surface area contributed by atoms with Gasteiger partial charge in [-0.3, -0.25) is 4.79 Å². The number of hydrogen-bond donors (Lipinski definition) is 1. The summed E-state index contributed by atoms with van der Waals surface area (Å²) in [4.78, 5) is 21.9. The molecule has 0 aliphatic rings. The molecule has 0 fully saturated rings. The molecule has 0 aliphatic carbocycles. The number of fused-ring (bicyclic) bond motifs is 1. The van der Waals surface area contributed by atoms with E-state index in [2.05, 4.69) is 15.3 Å². The maximum atomic E-state index is 13.0. The Labute approximate surface area is 172 Å². The van der Waals surface area contributed by atoms with E-state index >= 15 is 0 Å². The van der Waals surface area contributed by atoms with Crippen molar-refractivity contribution < 1.29 is 9.21 Å². The molecule has 4 rings (SSSR count). The van der Waals surface area contributed by atoms with Crippen LogP contribution in [0.5, 0.6) is 0 Å². The number of benzene rings is 2. The number of pyridine rings is 1. The second-order valence-electron chi connectivity index (χ2n) is 6.67. The topological polar surface area (TPSA) is 67.5 Å². The molecule has 1 amide bonds. The minimum atomic E-state index is -0.345. The monoisotopic (exact) mass is 403 g/mol. The van der Waals surface area contributed by atoms with E-state index in [1.54, 1.807) is 24.3 Å². The van der Waals surface area contributed by atoms with Gasteiger partial charge >= 0.3 is 0 Å². The molecular formula is C23H18ClN3O2. The fourth-order valence-corrected chi connectivity index (χ4v) is 3.04. The molecular weight excluding hydrogens is 386 g/mol. The molecule has 6 heteroatoms. The first-order chi connectivity index (χ1) is 14.0. The van der Waals surface area contributed by atoms with Crippen LogP contribution in [0.2, 0.25) is 5.02 Å². The Balaban J connectivity index is 1.84. The Morgan fingerprint density at radius 3 is 2.66 bits per heavy atom. The number of para-hydroxylation sites is 1. The Bertz CT molecular complexity index is 1290. The number of aryl methyl sites for hydroxylation is 2. The van der Waals surface area contributed by atoms with E-state index < -0.39 is 0 Å². The van der Waals surface area contributed by atoms with Crippen molar-refractivity contribution in [2.45, 2.75) is 13.8 Å². The summed E-state index contributed by atoms with van der Waals surface area (Å²) in [6, 6.07) is 20.1. The molecule has 29 heavy (non-hydrogen) atoms. The van der Waals surface area contributed by atoms with Crippen LogP contribution in [0.3, 0.4) is 0 Å². The van der Waals surface area contributed by atoms with Gasteiger partial charge in [0.2, 0.25) is 5.55 Å². The highest BCUT2D eigenvalue weighted by Gasteiger charge is 2.14. The van der Waals surface area contributed by atoms with Crippen molar-refractivity contribution in [2.24, 2.45) is 4.99 Å². The molecule has 0 atom stereocenters. The van der Waals surface area contributed by atoms with Crippen LogP contribution in [0.1, 0.15) is 21.6 Å². The molecule has 0 bridgehead atoms. The minimum absolute atomic E-state index is 0.218. The predicted octanol–water partition coefficient (Wildman–Crippen LogP) is 5.58. The third-order valence-corrected chi connectivity index (χ3v) is 4.83. The summed E-state index contributed by atoms with van der Waals surface area (Å²) in [5.74, 6) is 0.124. The zero-order valence-electron chi connectivity index (χ0n) is 15.9. The van der Waals surface area contributed by atoms with Gasteiger partial charge in [-0.2, -0.15) is 0 Å². The SMILES string of the molecule is Cc1cccc(NC(=O)c2cc3ccccc3oc2=Nc2ccc(Cl)c(C)c2)n1. The maximum Gasteiger partial charge on any atom is 0.262 e. The van der Waals surface area contributed by atoms with Crippen LogP contribution in [-0.2, 0) is 0 Å². The van der Waals surface area contributed by atoms with Gasteiger partial charge in [0, 0.05) is 16.1 Å². The first-order valence-electron chi connectivity index (χ1n) is 9.08. The van der Waals surface area contributed by atoms with Crippen molar-refractivity contribution in [1.29, 1.82) is 0 Å². The zero-order valence-corrected chi connectivity index (χ0v) is 16.7. The van der Waals surface area contributed by atoms with Crippen LogP contribution in [0, 0.1) is 13.8 Å². The third kappa shape index (κ3) is 4.20. The smallest absolute Gasteiger partial charge is 0.262 e. The number of carbonyl (C=O) groups excluding carboxylic acids is 1. The van der Waals surface area contributed by atoms with Crippen molar-refractivity contribution in [3.8, 4) is 0 Å². The number of rotatable bonds is 3. The lowest BCUT2D eigenvalue weighted by molar-refractivity contribution is 0.102. The van der Waals surface area contributed by atoms with E-state index in [1.807, 2.05) is 56.3 Å². The largest absolute Gasteiger partial charge is 0.438 e. The van der Waals surface area contributed by atoms with Gasteiger partial charge in [0.05, 0.1) is 5.69 Å². The number of hydrogen-bond acceptors (Lipinski definition) is 4. The lowest BCUT2D eigenvalue weighted by Crippen LogP contribution is -2.22. The first kappa shape index (κ1) is 18.9. The quantitative estimate of drug-likeness (QED) is 0.485. The summed E-state index contributed by atoms with van der Waals surface area (Å²) >= 11 is 6.11. The van der Waals surface area contributed by atoms with E-state index in [0.29, 0.717) is 27.7 Å². The summed E-state index contributed by atoms with van der Waals surface area (Å²) in [5, 5.41) is 4.28. The molecule has 0 unspecified atom stereocenters. The number of nitrogens with zero attached hydrogens (tertiary/aromatic N) is 2. The highest BCUT2D eigenvalue weighted by Crippen LogP contribution is 2.22. The van der Waals surface area contributed by atoms with Crippen molar-refractivity contribution in [1.82, 2.24) is 4.98 Å². The third-order valence-electron chi connectivity index (χ3n) is 4.40. The lowest BCUT2D eigenvalue weighted by Gasteiger charge is -2.07. The molecule has 0 spiro atoms. The van der Waals surface area contributed by atoms with Crippen LogP contribution < -0.4 is 10.9 Å². The van der Waals surface area contributed by atoms with Crippen LogP contribution >= 0.6 is 11.6 Å². The second-order valence-corrected chi connectivity index (χ2v) is 7.07. The van der Waals surface area contributed by atoms with E-state index in [0.717, 1.165) is 16.6 Å².